The molecule has 0 aromatic rings. The minimum absolute atomic E-state index is 0.0679. The quantitative estimate of drug-likeness (QED) is 0.596. The molecule has 5 nitrogen and oxygen atoms in total. The molecule has 5 aliphatic carbocycles. The number of nitrogens with zero attached hydrogens (tertiary/aromatic N) is 2. The number of likely N-dealkylation sites (tertiary alicyclic amines) is 1. The van der Waals surface area contributed by atoms with Crippen molar-refractivity contribution in [2.24, 2.45) is 39.9 Å². The van der Waals surface area contributed by atoms with Gasteiger partial charge in [-0.2, -0.15) is 0 Å². The zero-order valence-electron chi connectivity index (χ0n) is 22.9. The molecule has 9 atom stereocenters. The minimum Gasteiger partial charge on any atom is -0.344 e. The molecule has 1 aliphatic heterocycles. The van der Waals surface area contributed by atoms with E-state index in [1.807, 2.05) is 25.8 Å². The Hall–Kier alpha value is -1.36. The lowest BCUT2D eigenvalue weighted by Crippen LogP contribution is -2.55. The molecule has 194 valence electrons. The first-order valence-electron chi connectivity index (χ1n) is 14.5. The Morgan fingerprint density at radius 1 is 1.11 bits per heavy atom. The molecule has 2 amide bonds. The van der Waals surface area contributed by atoms with Crippen LogP contribution in [0, 0.1) is 39.9 Å². The van der Waals surface area contributed by atoms with Crippen molar-refractivity contribution in [3.63, 3.8) is 0 Å². The van der Waals surface area contributed by atoms with Crippen LogP contribution in [0.15, 0.2) is 11.6 Å². The van der Waals surface area contributed by atoms with Gasteiger partial charge in [0.1, 0.15) is 6.04 Å². The molecule has 2 spiro atoms. The van der Waals surface area contributed by atoms with Crippen LogP contribution in [-0.2, 0) is 9.59 Å². The fourth-order valence-corrected chi connectivity index (χ4v) is 10.7. The molecule has 0 radical (unpaired) electrons. The van der Waals surface area contributed by atoms with Crippen LogP contribution in [0.1, 0.15) is 85.5 Å². The number of nitrogens with one attached hydrogen (secondary N) is 1. The fourth-order valence-electron chi connectivity index (χ4n) is 10.7. The van der Waals surface area contributed by atoms with Gasteiger partial charge < -0.3 is 15.1 Å². The molecule has 5 heteroatoms. The molecule has 0 aromatic carbocycles. The molecule has 35 heavy (non-hydrogen) atoms. The van der Waals surface area contributed by atoms with Gasteiger partial charge in [-0.25, -0.2) is 0 Å². The van der Waals surface area contributed by atoms with Crippen molar-refractivity contribution >= 4 is 11.8 Å². The standard InChI is InChI=1S/C30H47N3O2/c1-18(2)26(31-19(3)34)27(35)33(6)21-9-12-28(4)20(15-21)7-8-22-23(28)10-14-30-17-32(5)25-16-29(25,30)13-11-24(22)30/h7,18,21-26H,8-17H2,1-6H3,(H,31,34)/t21-,22+,23-,24?,25-,26+,28-,29-,30+/m0/s1. The van der Waals surface area contributed by atoms with Crippen molar-refractivity contribution in [2.75, 3.05) is 20.6 Å². The Morgan fingerprint density at radius 3 is 2.51 bits per heavy atom. The second-order valence-electron chi connectivity index (χ2n) is 14.1. The molecule has 1 saturated heterocycles. The van der Waals surface area contributed by atoms with Crippen molar-refractivity contribution in [1.29, 1.82) is 0 Å². The van der Waals surface area contributed by atoms with Crippen LogP contribution in [0.3, 0.4) is 0 Å². The predicted octanol–water partition coefficient (Wildman–Crippen LogP) is 4.62. The summed E-state index contributed by atoms with van der Waals surface area (Å²) in [6.45, 7) is 9.47. The molecule has 6 rings (SSSR count). The Balaban J connectivity index is 1.20. The van der Waals surface area contributed by atoms with E-state index < -0.39 is 6.04 Å². The third-order valence-corrected chi connectivity index (χ3v) is 12.5. The van der Waals surface area contributed by atoms with Crippen molar-refractivity contribution in [2.45, 2.75) is 104 Å². The number of rotatable bonds is 4. The van der Waals surface area contributed by atoms with Crippen LogP contribution in [-0.4, -0.2) is 60.4 Å². The lowest BCUT2D eigenvalue weighted by atomic mass is 9.46. The summed E-state index contributed by atoms with van der Waals surface area (Å²) >= 11 is 0. The van der Waals surface area contributed by atoms with Gasteiger partial charge in [0.15, 0.2) is 0 Å². The molecule has 0 aromatic heterocycles. The number of amides is 2. The average Bonchev–Trinajstić information content (AvgIpc) is 3.39. The third-order valence-electron chi connectivity index (χ3n) is 12.5. The fraction of sp³-hybridized carbons (Fsp3) is 0.867. The smallest absolute Gasteiger partial charge is 0.245 e. The third kappa shape index (κ3) is 3.15. The van der Waals surface area contributed by atoms with Gasteiger partial charge in [0.05, 0.1) is 0 Å². The Morgan fingerprint density at radius 2 is 1.83 bits per heavy atom. The van der Waals surface area contributed by atoms with Crippen molar-refractivity contribution in [3.05, 3.63) is 11.6 Å². The van der Waals surface area contributed by atoms with Crippen molar-refractivity contribution in [3.8, 4) is 0 Å². The van der Waals surface area contributed by atoms with E-state index in [2.05, 4.69) is 30.3 Å². The van der Waals surface area contributed by atoms with Crippen LogP contribution in [0.5, 0.6) is 0 Å². The number of carbonyl (C=O) groups is 2. The van der Waals surface area contributed by atoms with Gasteiger partial charge in [-0.15, -0.1) is 0 Å². The Labute approximate surface area is 212 Å². The van der Waals surface area contributed by atoms with Gasteiger partial charge in [-0.1, -0.05) is 32.4 Å². The zero-order chi connectivity index (χ0) is 24.9. The summed E-state index contributed by atoms with van der Waals surface area (Å²) in [5.74, 6) is 2.64. The summed E-state index contributed by atoms with van der Waals surface area (Å²) in [7, 11) is 4.36. The Kier molecular flexibility index (Phi) is 5.36. The highest BCUT2D eigenvalue weighted by Crippen LogP contribution is 2.80. The molecule has 1 N–H and O–H groups in total. The molecule has 4 saturated carbocycles. The van der Waals surface area contributed by atoms with Crippen LogP contribution in [0.2, 0.25) is 0 Å². The summed E-state index contributed by atoms with van der Waals surface area (Å²) in [4.78, 5) is 29.8. The van der Waals surface area contributed by atoms with E-state index in [1.165, 1.54) is 58.4 Å². The summed E-state index contributed by atoms with van der Waals surface area (Å²) in [6, 6.07) is 0.703. The molecule has 5 fully saturated rings. The number of hydrogen-bond donors (Lipinski definition) is 1. The molecule has 6 aliphatic rings. The molecule has 0 bridgehead atoms. The lowest BCUT2D eigenvalue weighted by molar-refractivity contribution is -0.139. The summed E-state index contributed by atoms with van der Waals surface area (Å²) in [5, 5.41) is 2.90. The van der Waals surface area contributed by atoms with E-state index in [0.29, 0.717) is 16.2 Å². The number of carbonyl (C=O) groups excluding carboxylic acids is 2. The maximum atomic E-state index is 13.4. The normalized spacial score (nSPS) is 46.5. The lowest BCUT2D eigenvalue weighted by Gasteiger charge is -2.59. The summed E-state index contributed by atoms with van der Waals surface area (Å²) < 4.78 is 0. The van der Waals surface area contributed by atoms with E-state index in [0.717, 1.165) is 36.6 Å². The first-order chi connectivity index (χ1) is 16.5. The first-order valence-corrected chi connectivity index (χ1v) is 14.5. The SMILES string of the molecule is CC(=O)N[C@@H](C(=O)N(C)[C@H]1CC[C@@]2(C)C(=CC[C@H]3C4CC[C@]56C[C@@H]5N(C)C[C@]46CC[C@@H]32)C1)C(C)C. The topological polar surface area (TPSA) is 52.7 Å². The average molecular weight is 482 g/mol. The summed E-state index contributed by atoms with van der Waals surface area (Å²) in [6.07, 6.45) is 14.5. The highest BCUT2D eigenvalue weighted by Gasteiger charge is 2.78. The molecular weight excluding hydrogens is 434 g/mol. The second-order valence-corrected chi connectivity index (χ2v) is 14.1. The first kappa shape index (κ1) is 24.0. The highest BCUT2D eigenvalue weighted by atomic mass is 16.2. The minimum atomic E-state index is -0.435. The molecular formula is C30H47N3O2. The Bertz CT molecular complexity index is 959. The van der Waals surface area contributed by atoms with Gasteiger partial charge in [0, 0.05) is 32.6 Å². The number of hydrogen-bond acceptors (Lipinski definition) is 3. The maximum absolute atomic E-state index is 13.4. The largest absolute Gasteiger partial charge is 0.344 e. The summed E-state index contributed by atoms with van der Waals surface area (Å²) in [5.41, 5.74) is 3.24. The maximum Gasteiger partial charge on any atom is 0.245 e. The second kappa shape index (κ2) is 7.82. The highest BCUT2D eigenvalue weighted by molar-refractivity contribution is 5.87. The molecule has 1 heterocycles. The molecule has 1 unspecified atom stereocenters. The number of fused-ring (bicyclic) bond motifs is 4. The zero-order valence-corrected chi connectivity index (χ0v) is 22.9. The van der Waals surface area contributed by atoms with Crippen LogP contribution in [0.25, 0.3) is 0 Å². The number of piperidine rings is 1. The van der Waals surface area contributed by atoms with Gasteiger partial charge in [-0.05, 0) is 105 Å². The van der Waals surface area contributed by atoms with Crippen molar-refractivity contribution in [1.82, 2.24) is 15.1 Å². The number of allylic oxidation sites excluding steroid dienone is 1. The number of likely N-dealkylation sites (N-methyl/N-ethyl adjacent to an activating group) is 1. The van der Waals surface area contributed by atoms with Gasteiger partial charge in [-0.3, -0.25) is 9.59 Å². The van der Waals surface area contributed by atoms with Gasteiger partial charge in [0.2, 0.25) is 11.8 Å². The van der Waals surface area contributed by atoms with E-state index in [9.17, 15) is 9.59 Å². The van der Waals surface area contributed by atoms with Crippen LogP contribution in [0.4, 0.5) is 0 Å². The van der Waals surface area contributed by atoms with Gasteiger partial charge >= 0.3 is 0 Å². The van der Waals surface area contributed by atoms with Crippen LogP contribution < -0.4 is 5.32 Å². The van der Waals surface area contributed by atoms with Gasteiger partial charge in [0.25, 0.3) is 0 Å². The predicted molar refractivity (Wildman–Crippen MR) is 138 cm³/mol. The van der Waals surface area contributed by atoms with Crippen LogP contribution >= 0.6 is 0 Å². The monoisotopic (exact) mass is 481 g/mol. The van der Waals surface area contributed by atoms with Crippen molar-refractivity contribution < 1.29 is 9.59 Å². The van der Waals surface area contributed by atoms with E-state index in [-0.39, 0.29) is 23.8 Å². The van der Waals surface area contributed by atoms with E-state index in [1.54, 1.807) is 5.57 Å². The van der Waals surface area contributed by atoms with E-state index >= 15 is 0 Å². The van der Waals surface area contributed by atoms with E-state index in [4.69, 9.17) is 0 Å².